The van der Waals surface area contributed by atoms with Gasteiger partial charge in [0.15, 0.2) is 6.20 Å². The molecule has 0 amide bonds. The molecule has 0 bridgehead atoms. The third-order valence-corrected chi connectivity index (χ3v) is 14.5. The van der Waals surface area contributed by atoms with Gasteiger partial charge in [0.05, 0.1) is 22.6 Å². The van der Waals surface area contributed by atoms with Gasteiger partial charge in [-0.05, 0) is 98.4 Å². The number of para-hydroxylation sites is 1. The second kappa shape index (κ2) is 13.8. The van der Waals surface area contributed by atoms with Gasteiger partial charge in [0.1, 0.15) is 17.5 Å². The second-order valence-corrected chi connectivity index (χ2v) is 21.8. The lowest BCUT2D eigenvalue weighted by atomic mass is 9.77. The Labute approximate surface area is 395 Å². The molecule has 0 radical (unpaired) electrons. The minimum atomic E-state index is -2.18. The van der Waals surface area contributed by atoms with Crippen molar-refractivity contribution in [2.75, 3.05) is 9.80 Å². The molecule has 66 heavy (non-hydrogen) atoms. The Hall–Kier alpha value is -6.91. The Bertz CT molecular complexity index is 3410. The summed E-state index contributed by atoms with van der Waals surface area (Å²) >= 11 is 0. The van der Waals surface area contributed by atoms with Crippen LogP contribution in [0.3, 0.4) is 0 Å². The molecular weight excluding hydrogens is 803 g/mol. The maximum Gasteiger partial charge on any atom is 0.432 e. The van der Waals surface area contributed by atoms with Gasteiger partial charge in [0, 0.05) is 44.1 Å². The van der Waals surface area contributed by atoms with Crippen LogP contribution in [-0.4, -0.2) is 0 Å². The lowest BCUT2D eigenvalue weighted by molar-refractivity contribution is -0.774. The molecule has 2 atom stereocenters. The van der Waals surface area contributed by atoms with E-state index in [1.807, 2.05) is 12.1 Å². The van der Waals surface area contributed by atoms with E-state index in [-0.39, 0.29) is 22.4 Å². The highest BCUT2D eigenvalue weighted by Gasteiger charge is 2.70. The van der Waals surface area contributed by atoms with Crippen molar-refractivity contribution in [1.82, 2.24) is 0 Å². The van der Waals surface area contributed by atoms with Crippen molar-refractivity contribution in [3.63, 3.8) is 0 Å². The van der Waals surface area contributed by atoms with E-state index in [9.17, 15) is 0 Å². The number of hydrogen-bond donors (Lipinski definition) is 0. The Morgan fingerprint density at radius 3 is 1.89 bits per heavy atom. The number of nitrogens with zero attached hydrogens (tertiary/aromatic N) is 3. The lowest BCUT2D eigenvalue weighted by Gasteiger charge is -2.49. The first-order chi connectivity index (χ1) is 32.7. The number of aromatic nitrogens is 1. The van der Waals surface area contributed by atoms with Gasteiger partial charge in [-0.25, -0.2) is 4.90 Å². The summed E-state index contributed by atoms with van der Waals surface area (Å²) < 4.78 is 34.8. The van der Waals surface area contributed by atoms with E-state index < -0.39 is 12.7 Å². The zero-order chi connectivity index (χ0) is 48.2. The largest absolute Gasteiger partial charge is 0.432 e. The average Bonchev–Trinajstić information content (AvgIpc) is 3.81. The number of fused-ring (bicyclic) bond motifs is 5. The number of aryl methyl sites for hydroxylation is 1. The fourth-order valence-electron chi connectivity index (χ4n) is 11.1. The number of pyridine rings is 1. The molecule has 12 rings (SSSR count). The predicted octanol–water partition coefficient (Wildman–Crippen LogP) is 15.5. The molecule has 0 aliphatic carbocycles. The van der Waals surface area contributed by atoms with Gasteiger partial charge in [0.2, 0.25) is 5.69 Å². The molecule has 4 nitrogen and oxygen atoms in total. The van der Waals surface area contributed by atoms with E-state index in [1.54, 1.807) is 12.1 Å². The average molecular weight is 864 g/mol. The molecule has 326 valence electrons. The number of rotatable bonds is 4. The van der Waals surface area contributed by atoms with Crippen LogP contribution in [-0.2, 0) is 22.1 Å². The van der Waals surface area contributed by atoms with Crippen LogP contribution in [0, 0.1) is 6.85 Å². The number of hydrogen-bond acceptors (Lipinski definition) is 3. The summed E-state index contributed by atoms with van der Waals surface area (Å²) in [6.07, 6.45) is 1.89. The first-order valence-corrected chi connectivity index (χ1v) is 23.4. The lowest BCUT2D eigenvalue weighted by Crippen LogP contribution is -2.71. The summed E-state index contributed by atoms with van der Waals surface area (Å²) in [5.74, 6) is -0.227. The van der Waals surface area contributed by atoms with Crippen molar-refractivity contribution in [3.05, 3.63) is 197 Å². The van der Waals surface area contributed by atoms with Crippen molar-refractivity contribution < 1.29 is 13.4 Å². The van der Waals surface area contributed by atoms with Gasteiger partial charge in [-0.2, -0.15) is 0 Å². The molecular formula is C62H58N3O+. The Morgan fingerprint density at radius 2 is 1.21 bits per heavy atom. The molecule has 4 aliphatic heterocycles. The van der Waals surface area contributed by atoms with Crippen molar-refractivity contribution in [2.45, 2.75) is 97.4 Å². The van der Waals surface area contributed by atoms with Gasteiger partial charge in [-0.1, -0.05) is 177 Å². The molecule has 8 aromatic rings. The van der Waals surface area contributed by atoms with Crippen LogP contribution in [0.25, 0.3) is 55.8 Å². The normalized spacial score (nSPS) is 18.4. The van der Waals surface area contributed by atoms with Crippen LogP contribution in [0.5, 0.6) is 5.75 Å². The van der Waals surface area contributed by atoms with Crippen LogP contribution >= 0.6 is 0 Å². The SMILES string of the molecule is [2H]C([2H])([2H])c1ccc(-c2cc[n+]3c(c2)-c2cc(-c4ccccc4)cc4c2C32Oc3c(cc(C(C)(C)C)cc3C(C)(C)C)C3N(c5ccc(C(C)(C)C)cc5-c5ccccc5)c5cccc-4c5N32)cc1. The van der Waals surface area contributed by atoms with Gasteiger partial charge >= 0.3 is 5.85 Å². The zero-order valence-corrected chi connectivity index (χ0v) is 39.4. The first-order valence-electron chi connectivity index (χ1n) is 24.9. The Kier molecular flexibility index (Phi) is 7.81. The topological polar surface area (TPSA) is 19.6 Å². The highest BCUT2D eigenvalue weighted by atomic mass is 16.5. The smallest absolute Gasteiger partial charge is 0.410 e. The van der Waals surface area contributed by atoms with E-state index in [0.717, 1.165) is 73.0 Å². The maximum atomic E-state index is 8.17. The standard InChI is InChI=1S/C62H58N3O/c1-38-24-26-40(27-25-38)42-30-31-63-54(34-42)49-33-43(39-18-13-11-14-19-39)32-48-46-22-17-23-53-56(46)65-58(64(53)52-29-28-44(59(2,3)4)35-47(52)41-20-15-12-16-21-41)50-36-45(60(5,6)7)37-51(61(8,9)10)57(50)66-62(63,65)55(48)49/h11-37,58H,1-10H3/q+1/i1D3. The summed E-state index contributed by atoms with van der Waals surface area (Å²) in [7, 11) is 0. The van der Waals surface area contributed by atoms with E-state index >= 15 is 0 Å². The molecule has 4 heteroatoms. The van der Waals surface area contributed by atoms with Crippen molar-refractivity contribution >= 4 is 17.1 Å². The summed E-state index contributed by atoms with van der Waals surface area (Å²) in [6.45, 7) is 18.6. The first kappa shape index (κ1) is 37.3. The van der Waals surface area contributed by atoms with Crippen LogP contribution < -0.4 is 19.1 Å². The van der Waals surface area contributed by atoms with Crippen molar-refractivity contribution in [1.29, 1.82) is 0 Å². The molecule has 7 aromatic carbocycles. The number of anilines is 3. The highest BCUT2D eigenvalue weighted by Crippen LogP contribution is 2.68. The monoisotopic (exact) mass is 863 g/mol. The van der Waals surface area contributed by atoms with Gasteiger partial charge in [0.25, 0.3) is 0 Å². The maximum absolute atomic E-state index is 8.17. The third-order valence-electron chi connectivity index (χ3n) is 14.5. The van der Waals surface area contributed by atoms with Gasteiger partial charge < -0.3 is 9.64 Å². The van der Waals surface area contributed by atoms with Crippen molar-refractivity contribution in [3.8, 4) is 61.5 Å². The molecule has 1 spiro atoms. The molecule has 0 saturated carbocycles. The molecule has 5 heterocycles. The second-order valence-electron chi connectivity index (χ2n) is 21.8. The summed E-state index contributed by atoms with van der Waals surface area (Å²) in [5, 5.41) is 0. The number of benzene rings is 7. The Balaban J connectivity index is 1.22. The minimum absolute atomic E-state index is 0.0687. The molecule has 0 fully saturated rings. The third kappa shape index (κ3) is 5.79. The van der Waals surface area contributed by atoms with E-state index in [4.69, 9.17) is 8.85 Å². The van der Waals surface area contributed by atoms with E-state index in [0.29, 0.717) is 5.56 Å². The van der Waals surface area contributed by atoms with Crippen LogP contribution in [0.4, 0.5) is 17.1 Å². The minimum Gasteiger partial charge on any atom is -0.410 e. The molecule has 4 aliphatic rings. The van der Waals surface area contributed by atoms with Crippen LogP contribution in [0.15, 0.2) is 164 Å². The summed E-state index contributed by atoms with van der Waals surface area (Å²) in [4.78, 5) is 5.24. The van der Waals surface area contributed by atoms with Gasteiger partial charge in [-0.15, -0.1) is 4.57 Å². The quantitative estimate of drug-likeness (QED) is 0.164. The Morgan fingerprint density at radius 1 is 0.530 bits per heavy atom. The van der Waals surface area contributed by atoms with Crippen molar-refractivity contribution in [2.24, 2.45) is 0 Å². The molecule has 0 saturated heterocycles. The van der Waals surface area contributed by atoms with Gasteiger partial charge in [-0.3, -0.25) is 0 Å². The van der Waals surface area contributed by atoms with Crippen LogP contribution in [0.1, 0.15) is 106 Å². The number of ether oxygens (including phenoxy) is 1. The summed E-state index contributed by atoms with van der Waals surface area (Å²) in [5.41, 5.74) is 20.2. The molecule has 2 unspecified atom stereocenters. The molecule has 0 N–H and O–H groups in total. The van der Waals surface area contributed by atoms with E-state index in [1.165, 1.54) is 33.4 Å². The predicted molar refractivity (Wildman–Crippen MR) is 273 cm³/mol. The molecule has 1 aromatic heterocycles. The fraction of sp³-hybridized carbons (Fsp3) is 0.242. The summed E-state index contributed by atoms with van der Waals surface area (Å²) in [6, 6.07) is 56.9. The highest BCUT2D eigenvalue weighted by molar-refractivity contribution is 6.03. The van der Waals surface area contributed by atoms with Crippen LogP contribution in [0.2, 0.25) is 0 Å². The van der Waals surface area contributed by atoms with E-state index in [2.05, 4.69) is 216 Å². The zero-order valence-electron chi connectivity index (χ0n) is 42.4. The fourth-order valence-corrected chi connectivity index (χ4v) is 11.1.